The lowest BCUT2D eigenvalue weighted by Crippen LogP contribution is -2.27. The number of carbonyl (C=O) groups is 2. The third kappa shape index (κ3) is 7.19. The van der Waals surface area contributed by atoms with E-state index in [2.05, 4.69) is 20.6 Å². The van der Waals surface area contributed by atoms with Gasteiger partial charge >= 0.3 is 0 Å². The average molecular weight is 393 g/mol. The van der Waals surface area contributed by atoms with E-state index >= 15 is 0 Å². The van der Waals surface area contributed by atoms with Crippen LogP contribution in [0.1, 0.15) is 35.3 Å². The molecule has 1 aromatic carbocycles. The van der Waals surface area contributed by atoms with Gasteiger partial charge in [-0.15, -0.1) is 0 Å². The average Bonchev–Trinajstić information content (AvgIpc) is 3.13. The van der Waals surface area contributed by atoms with Gasteiger partial charge < -0.3 is 15.6 Å². The number of aromatic amines is 1. The van der Waals surface area contributed by atoms with Crippen LogP contribution < -0.4 is 15.8 Å². The largest absolute Gasteiger partial charge is 0.356 e. The van der Waals surface area contributed by atoms with Gasteiger partial charge in [0.15, 0.2) is 0 Å². The SMILES string of the molecule is NS(=O)(=O)c1ccc(C(=O)NCCCCCNC(=O)Cc2cnc[nH]2)cc1. The molecule has 0 bridgehead atoms. The number of nitrogens with zero attached hydrogens (tertiary/aromatic N) is 1. The molecule has 2 rings (SSSR count). The Hall–Kier alpha value is -2.72. The van der Waals surface area contributed by atoms with Gasteiger partial charge in [-0.25, -0.2) is 18.5 Å². The van der Waals surface area contributed by atoms with Crippen LogP contribution in [0.15, 0.2) is 41.7 Å². The lowest BCUT2D eigenvalue weighted by Gasteiger charge is -2.07. The van der Waals surface area contributed by atoms with Crippen LogP contribution in [0.2, 0.25) is 0 Å². The van der Waals surface area contributed by atoms with Crippen LogP contribution in [0.3, 0.4) is 0 Å². The van der Waals surface area contributed by atoms with Crippen LogP contribution in [-0.4, -0.2) is 43.3 Å². The summed E-state index contributed by atoms with van der Waals surface area (Å²) in [6.45, 7) is 1.08. The summed E-state index contributed by atoms with van der Waals surface area (Å²) in [6.07, 6.45) is 5.87. The van der Waals surface area contributed by atoms with Crippen molar-refractivity contribution >= 4 is 21.8 Å². The molecule has 0 atom stereocenters. The molecule has 9 nitrogen and oxygen atoms in total. The number of sulfonamides is 1. The maximum Gasteiger partial charge on any atom is 0.251 e. The van der Waals surface area contributed by atoms with Gasteiger partial charge in [0.2, 0.25) is 15.9 Å². The number of nitrogens with two attached hydrogens (primary N) is 1. The molecule has 0 unspecified atom stereocenters. The van der Waals surface area contributed by atoms with Crippen LogP contribution in [0.4, 0.5) is 0 Å². The molecule has 0 fully saturated rings. The van der Waals surface area contributed by atoms with E-state index in [4.69, 9.17) is 5.14 Å². The summed E-state index contributed by atoms with van der Waals surface area (Å²) in [5.41, 5.74) is 1.14. The summed E-state index contributed by atoms with van der Waals surface area (Å²) >= 11 is 0. The first-order chi connectivity index (χ1) is 12.9. The molecule has 10 heteroatoms. The standard InChI is InChI=1S/C17H23N5O4S/c18-27(25,26)15-6-4-13(5-7-15)17(24)21-9-3-1-2-8-20-16(23)10-14-11-19-12-22-14/h4-7,11-12H,1-3,8-10H2,(H,19,22)(H,20,23)(H,21,24)(H2,18,25,26). The topological polar surface area (TPSA) is 147 Å². The second kappa shape index (κ2) is 9.83. The van der Waals surface area contributed by atoms with Crippen molar-refractivity contribution in [2.24, 2.45) is 5.14 Å². The maximum absolute atomic E-state index is 12.0. The first-order valence-corrected chi connectivity index (χ1v) is 10.1. The maximum atomic E-state index is 12.0. The zero-order chi connectivity index (χ0) is 19.7. The lowest BCUT2D eigenvalue weighted by molar-refractivity contribution is -0.120. The van der Waals surface area contributed by atoms with E-state index in [1.165, 1.54) is 30.6 Å². The number of hydrogen-bond acceptors (Lipinski definition) is 5. The van der Waals surface area contributed by atoms with Crippen molar-refractivity contribution < 1.29 is 18.0 Å². The molecule has 0 spiro atoms. The third-order valence-corrected chi connectivity index (χ3v) is 4.74. The summed E-state index contributed by atoms with van der Waals surface area (Å²) < 4.78 is 22.4. The number of H-pyrrole nitrogens is 1. The van der Waals surface area contributed by atoms with E-state index in [1.807, 2.05) is 0 Å². The molecule has 5 N–H and O–H groups in total. The van der Waals surface area contributed by atoms with Crippen LogP contribution in [0, 0.1) is 0 Å². The van der Waals surface area contributed by atoms with E-state index in [1.54, 1.807) is 6.20 Å². The minimum absolute atomic E-state index is 0.0337. The van der Waals surface area contributed by atoms with Crippen molar-refractivity contribution in [2.75, 3.05) is 13.1 Å². The number of nitrogens with one attached hydrogen (secondary N) is 3. The molecule has 2 aromatic rings. The summed E-state index contributed by atoms with van der Waals surface area (Å²) in [5, 5.41) is 10.6. The van der Waals surface area contributed by atoms with Gasteiger partial charge in [0.1, 0.15) is 0 Å². The number of primary sulfonamides is 1. The molecule has 146 valence electrons. The number of imidazole rings is 1. The summed E-state index contributed by atoms with van der Waals surface area (Å²) in [5.74, 6) is -0.334. The highest BCUT2D eigenvalue weighted by molar-refractivity contribution is 7.89. The lowest BCUT2D eigenvalue weighted by atomic mass is 10.2. The van der Waals surface area contributed by atoms with Crippen LogP contribution >= 0.6 is 0 Å². The Labute approximate surface area is 157 Å². The fourth-order valence-corrected chi connectivity index (χ4v) is 2.89. The zero-order valence-electron chi connectivity index (χ0n) is 14.8. The number of benzene rings is 1. The van der Waals surface area contributed by atoms with E-state index in [9.17, 15) is 18.0 Å². The van der Waals surface area contributed by atoms with Gasteiger partial charge in [0, 0.05) is 30.5 Å². The second-order valence-electron chi connectivity index (χ2n) is 5.99. The quantitative estimate of drug-likeness (QED) is 0.429. The summed E-state index contributed by atoms with van der Waals surface area (Å²) in [6, 6.07) is 5.45. The normalized spacial score (nSPS) is 11.1. The molecule has 0 saturated carbocycles. The molecule has 0 aliphatic carbocycles. The Morgan fingerprint density at radius 3 is 2.30 bits per heavy atom. The second-order valence-corrected chi connectivity index (χ2v) is 7.55. The van der Waals surface area contributed by atoms with Crippen molar-refractivity contribution in [1.82, 2.24) is 20.6 Å². The van der Waals surface area contributed by atoms with Crippen molar-refractivity contribution in [3.63, 3.8) is 0 Å². The Morgan fingerprint density at radius 2 is 1.70 bits per heavy atom. The highest BCUT2D eigenvalue weighted by Gasteiger charge is 2.10. The molecule has 0 aliphatic rings. The van der Waals surface area contributed by atoms with Crippen LogP contribution in [0.25, 0.3) is 0 Å². The molecule has 0 saturated heterocycles. The fraction of sp³-hybridized carbons (Fsp3) is 0.353. The molecule has 1 aromatic heterocycles. The van der Waals surface area contributed by atoms with Crippen LogP contribution in [0.5, 0.6) is 0 Å². The van der Waals surface area contributed by atoms with Crippen molar-refractivity contribution in [2.45, 2.75) is 30.6 Å². The number of unbranched alkanes of at least 4 members (excludes halogenated alkanes) is 2. The molecule has 0 radical (unpaired) electrons. The van der Waals surface area contributed by atoms with Crippen molar-refractivity contribution in [1.29, 1.82) is 0 Å². The predicted octanol–water partition coefficient (Wildman–Crippen LogP) is 0.316. The highest BCUT2D eigenvalue weighted by atomic mass is 32.2. The molecule has 2 amide bonds. The number of carbonyl (C=O) groups excluding carboxylic acids is 2. The van der Waals surface area contributed by atoms with Gasteiger partial charge in [-0.2, -0.15) is 0 Å². The van der Waals surface area contributed by atoms with Crippen molar-refractivity contribution in [3.05, 3.63) is 48.0 Å². The van der Waals surface area contributed by atoms with Gasteiger partial charge in [0.25, 0.3) is 5.91 Å². The van der Waals surface area contributed by atoms with Gasteiger partial charge in [-0.05, 0) is 43.5 Å². The van der Waals surface area contributed by atoms with Gasteiger partial charge in [0.05, 0.1) is 17.6 Å². The number of amides is 2. The summed E-state index contributed by atoms with van der Waals surface area (Å²) in [4.78, 5) is 30.3. The number of aromatic nitrogens is 2. The Bertz CT molecular complexity index is 848. The van der Waals surface area contributed by atoms with E-state index in [0.29, 0.717) is 18.7 Å². The molecular weight excluding hydrogens is 370 g/mol. The molecule has 27 heavy (non-hydrogen) atoms. The van der Waals surface area contributed by atoms with Crippen molar-refractivity contribution in [3.8, 4) is 0 Å². The van der Waals surface area contributed by atoms with E-state index in [-0.39, 0.29) is 23.1 Å². The zero-order valence-corrected chi connectivity index (χ0v) is 15.6. The third-order valence-electron chi connectivity index (χ3n) is 3.81. The predicted molar refractivity (Wildman–Crippen MR) is 99.3 cm³/mol. The van der Waals surface area contributed by atoms with E-state index in [0.717, 1.165) is 25.0 Å². The minimum Gasteiger partial charge on any atom is -0.356 e. The minimum atomic E-state index is -3.76. The summed E-state index contributed by atoms with van der Waals surface area (Å²) in [7, 11) is -3.76. The Kier molecular flexibility index (Phi) is 7.50. The fourth-order valence-electron chi connectivity index (χ4n) is 2.37. The van der Waals surface area contributed by atoms with Crippen LogP contribution in [-0.2, 0) is 21.2 Å². The number of rotatable bonds is 10. The first-order valence-electron chi connectivity index (χ1n) is 8.51. The molecular formula is C17H23N5O4S. The Morgan fingerprint density at radius 1 is 1.04 bits per heavy atom. The Balaban J connectivity index is 1.57. The molecule has 0 aliphatic heterocycles. The van der Waals surface area contributed by atoms with Gasteiger partial charge in [-0.3, -0.25) is 9.59 Å². The monoisotopic (exact) mass is 393 g/mol. The van der Waals surface area contributed by atoms with Gasteiger partial charge in [-0.1, -0.05) is 0 Å². The molecule has 1 heterocycles. The first kappa shape index (κ1) is 20.6. The smallest absolute Gasteiger partial charge is 0.251 e. The van der Waals surface area contributed by atoms with E-state index < -0.39 is 10.0 Å². The highest BCUT2D eigenvalue weighted by Crippen LogP contribution is 2.08. The number of hydrogen-bond donors (Lipinski definition) is 4.